The molecule has 0 radical (unpaired) electrons. The number of rotatable bonds is 5. The second-order valence-electron chi connectivity index (χ2n) is 6.25. The van der Waals surface area contributed by atoms with Gasteiger partial charge < -0.3 is 14.6 Å². The van der Waals surface area contributed by atoms with E-state index in [1.54, 1.807) is 12.1 Å². The summed E-state index contributed by atoms with van der Waals surface area (Å²) in [6.45, 7) is 3.79. The number of carbonyl (C=O) groups excluding carboxylic acids is 1. The summed E-state index contributed by atoms with van der Waals surface area (Å²) in [7, 11) is -1.68. The van der Waals surface area contributed by atoms with Crippen molar-refractivity contribution in [3.8, 4) is 0 Å². The summed E-state index contributed by atoms with van der Waals surface area (Å²) in [5, 5.41) is 2.84. The third kappa shape index (κ3) is 3.82. The molecule has 0 atom stereocenters. The van der Waals surface area contributed by atoms with Crippen LogP contribution in [0.15, 0.2) is 41.3 Å². The fourth-order valence-electron chi connectivity index (χ4n) is 2.85. The zero-order valence-corrected chi connectivity index (χ0v) is 15.8. The monoisotopic (exact) mass is 377 g/mol. The van der Waals surface area contributed by atoms with Crippen LogP contribution in [0.5, 0.6) is 0 Å². The molecule has 1 aliphatic rings. The molecule has 1 aromatic heterocycles. The van der Waals surface area contributed by atoms with Crippen molar-refractivity contribution >= 4 is 15.9 Å². The molecule has 2 heterocycles. The number of aromatic nitrogens is 1. The van der Waals surface area contributed by atoms with Crippen molar-refractivity contribution in [2.75, 3.05) is 26.3 Å². The van der Waals surface area contributed by atoms with Crippen LogP contribution in [-0.4, -0.2) is 49.5 Å². The Morgan fingerprint density at radius 1 is 1.19 bits per heavy atom. The van der Waals surface area contributed by atoms with Crippen LogP contribution in [0.4, 0.5) is 0 Å². The first-order valence-corrected chi connectivity index (χ1v) is 9.91. The van der Waals surface area contributed by atoms with Gasteiger partial charge in [-0.3, -0.25) is 4.79 Å². The maximum Gasteiger partial charge on any atom is 0.251 e. The smallest absolute Gasteiger partial charge is 0.251 e. The van der Waals surface area contributed by atoms with E-state index in [-0.39, 0.29) is 10.8 Å². The molecule has 2 aromatic rings. The number of aryl methyl sites for hydroxylation is 1. The van der Waals surface area contributed by atoms with E-state index >= 15 is 0 Å². The fourth-order valence-corrected chi connectivity index (χ4v) is 4.31. The predicted molar refractivity (Wildman–Crippen MR) is 97.3 cm³/mol. The molecule has 7 nitrogen and oxygen atoms in total. The molecule has 8 heteroatoms. The minimum Gasteiger partial charge on any atom is -0.379 e. The van der Waals surface area contributed by atoms with E-state index in [4.69, 9.17) is 4.74 Å². The Hall–Kier alpha value is -2.16. The van der Waals surface area contributed by atoms with E-state index < -0.39 is 10.0 Å². The largest absolute Gasteiger partial charge is 0.379 e. The SMILES string of the molecule is Cc1ccc(CNC(=O)c2cccc(S(=O)(=O)N3CCOCC3)c2)n1C. The number of hydrogen-bond donors (Lipinski definition) is 1. The number of ether oxygens (including phenoxy) is 1. The lowest BCUT2D eigenvalue weighted by atomic mass is 10.2. The number of nitrogens with zero attached hydrogens (tertiary/aromatic N) is 2. The van der Waals surface area contributed by atoms with Crippen molar-refractivity contribution in [2.45, 2.75) is 18.4 Å². The molecule has 140 valence electrons. The molecule has 0 spiro atoms. The third-order valence-corrected chi connectivity index (χ3v) is 6.51. The highest BCUT2D eigenvalue weighted by atomic mass is 32.2. The van der Waals surface area contributed by atoms with Gasteiger partial charge in [0.15, 0.2) is 0 Å². The van der Waals surface area contributed by atoms with Crippen molar-refractivity contribution < 1.29 is 17.9 Å². The van der Waals surface area contributed by atoms with E-state index in [0.29, 0.717) is 38.4 Å². The van der Waals surface area contributed by atoms with Gasteiger partial charge in [0.1, 0.15) is 0 Å². The zero-order chi connectivity index (χ0) is 18.7. The first-order valence-electron chi connectivity index (χ1n) is 8.47. The second kappa shape index (κ2) is 7.61. The lowest BCUT2D eigenvalue weighted by Crippen LogP contribution is -2.40. The van der Waals surface area contributed by atoms with Crippen LogP contribution in [-0.2, 0) is 28.4 Å². The molecule has 0 bridgehead atoms. The van der Waals surface area contributed by atoms with E-state index in [9.17, 15) is 13.2 Å². The summed E-state index contributed by atoms with van der Waals surface area (Å²) in [6, 6.07) is 10.1. The lowest BCUT2D eigenvalue weighted by Gasteiger charge is -2.26. The quantitative estimate of drug-likeness (QED) is 0.851. The van der Waals surface area contributed by atoms with Crippen molar-refractivity contribution in [1.29, 1.82) is 0 Å². The topological polar surface area (TPSA) is 80.6 Å². The standard InChI is InChI=1S/C18H23N3O4S/c1-14-6-7-16(20(14)2)13-19-18(22)15-4-3-5-17(12-15)26(23,24)21-8-10-25-11-9-21/h3-7,12H,8-11,13H2,1-2H3,(H,19,22). The first kappa shape index (κ1) is 18.6. The summed E-state index contributed by atoms with van der Waals surface area (Å²) < 4.78 is 34.0. The molecule has 1 N–H and O–H groups in total. The minimum atomic E-state index is -3.62. The predicted octanol–water partition coefficient (Wildman–Crippen LogP) is 1.28. The Morgan fingerprint density at radius 3 is 2.58 bits per heavy atom. The highest BCUT2D eigenvalue weighted by Gasteiger charge is 2.26. The Labute approximate surface area is 153 Å². The average Bonchev–Trinajstić information content (AvgIpc) is 2.99. The number of hydrogen-bond acceptors (Lipinski definition) is 4. The van der Waals surface area contributed by atoms with Crippen LogP contribution >= 0.6 is 0 Å². The number of benzene rings is 1. The Kier molecular flexibility index (Phi) is 5.45. The number of nitrogens with one attached hydrogen (secondary N) is 1. The highest BCUT2D eigenvalue weighted by molar-refractivity contribution is 7.89. The molecular weight excluding hydrogens is 354 g/mol. The number of carbonyl (C=O) groups is 1. The van der Waals surface area contributed by atoms with Crippen LogP contribution in [0.2, 0.25) is 0 Å². The van der Waals surface area contributed by atoms with Crippen LogP contribution < -0.4 is 5.32 Å². The Bertz CT molecular complexity index is 899. The minimum absolute atomic E-state index is 0.127. The summed E-state index contributed by atoms with van der Waals surface area (Å²) in [5.41, 5.74) is 2.41. The highest BCUT2D eigenvalue weighted by Crippen LogP contribution is 2.18. The van der Waals surface area contributed by atoms with Gasteiger partial charge in [0.2, 0.25) is 10.0 Å². The molecule has 0 unspecified atom stereocenters. The average molecular weight is 377 g/mol. The van der Waals surface area contributed by atoms with E-state index in [1.165, 1.54) is 16.4 Å². The molecule has 0 aliphatic carbocycles. The third-order valence-electron chi connectivity index (χ3n) is 4.61. The van der Waals surface area contributed by atoms with Gasteiger partial charge in [-0.05, 0) is 37.3 Å². The van der Waals surface area contributed by atoms with Gasteiger partial charge in [0.05, 0.1) is 24.7 Å². The van der Waals surface area contributed by atoms with E-state index in [1.807, 2.05) is 30.7 Å². The van der Waals surface area contributed by atoms with E-state index in [0.717, 1.165) is 11.4 Å². The van der Waals surface area contributed by atoms with Gasteiger partial charge in [-0.2, -0.15) is 4.31 Å². The normalized spacial score (nSPS) is 15.8. The van der Waals surface area contributed by atoms with E-state index in [2.05, 4.69) is 5.32 Å². The van der Waals surface area contributed by atoms with Crippen LogP contribution in [0.3, 0.4) is 0 Å². The molecule has 1 aromatic carbocycles. The molecule has 1 saturated heterocycles. The molecule has 26 heavy (non-hydrogen) atoms. The van der Waals surface area contributed by atoms with Gasteiger partial charge >= 0.3 is 0 Å². The summed E-state index contributed by atoms with van der Waals surface area (Å²) in [5.74, 6) is -0.303. The summed E-state index contributed by atoms with van der Waals surface area (Å²) in [6.07, 6.45) is 0. The fraction of sp³-hybridized carbons (Fsp3) is 0.389. The second-order valence-corrected chi connectivity index (χ2v) is 8.19. The van der Waals surface area contributed by atoms with Gasteiger partial charge in [0, 0.05) is 37.1 Å². The summed E-state index contributed by atoms with van der Waals surface area (Å²) in [4.78, 5) is 12.6. The molecule has 3 rings (SSSR count). The van der Waals surface area contributed by atoms with Crippen molar-refractivity contribution in [1.82, 2.24) is 14.2 Å². The molecule has 1 fully saturated rings. The van der Waals surface area contributed by atoms with Gasteiger partial charge in [-0.15, -0.1) is 0 Å². The molecule has 1 aliphatic heterocycles. The van der Waals surface area contributed by atoms with Crippen molar-refractivity contribution in [3.63, 3.8) is 0 Å². The van der Waals surface area contributed by atoms with Crippen LogP contribution in [0, 0.1) is 6.92 Å². The molecule has 0 saturated carbocycles. The maximum absolute atomic E-state index is 12.7. The van der Waals surface area contributed by atoms with Gasteiger partial charge in [0.25, 0.3) is 5.91 Å². The van der Waals surface area contributed by atoms with Crippen molar-refractivity contribution in [2.24, 2.45) is 7.05 Å². The van der Waals surface area contributed by atoms with Crippen molar-refractivity contribution in [3.05, 3.63) is 53.3 Å². The maximum atomic E-state index is 12.7. The molecule has 1 amide bonds. The number of morpholine rings is 1. The van der Waals surface area contributed by atoms with Gasteiger partial charge in [-0.1, -0.05) is 6.07 Å². The first-order chi connectivity index (χ1) is 12.4. The summed E-state index contributed by atoms with van der Waals surface area (Å²) >= 11 is 0. The Morgan fingerprint density at radius 2 is 1.92 bits per heavy atom. The zero-order valence-electron chi connectivity index (χ0n) is 14.9. The molecular formula is C18H23N3O4S. The Balaban J connectivity index is 1.74. The van der Waals surface area contributed by atoms with Crippen LogP contribution in [0.1, 0.15) is 21.7 Å². The number of amides is 1. The lowest BCUT2D eigenvalue weighted by molar-refractivity contribution is 0.0730. The number of sulfonamides is 1. The van der Waals surface area contributed by atoms with Crippen LogP contribution in [0.25, 0.3) is 0 Å². The van der Waals surface area contributed by atoms with Gasteiger partial charge in [-0.25, -0.2) is 8.42 Å².